The summed E-state index contributed by atoms with van der Waals surface area (Å²) in [5.41, 5.74) is 2.36. The maximum atomic E-state index is 12.0. The van der Waals surface area contributed by atoms with Crippen LogP contribution in [-0.2, 0) is 17.1 Å². The summed E-state index contributed by atoms with van der Waals surface area (Å²) in [6.07, 6.45) is 2.89. The maximum Gasteiger partial charge on any atom is 0.211 e. The van der Waals surface area contributed by atoms with E-state index in [1.807, 2.05) is 18.7 Å². The largest absolute Gasteiger partial charge is 0.298 e. The number of hydrogen-bond acceptors (Lipinski definition) is 5. The molecule has 2 aromatic rings. The number of fused-ring (bicyclic) bond motifs is 3. The molecule has 5 heterocycles. The highest BCUT2D eigenvalue weighted by Gasteiger charge is 2.42. The minimum absolute atomic E-state index is 0.215. The fourth-order valence-corrected chi connectivity index (χ4v) is 6.43. The number of nitrogens with one attached hydrogen (secondary N) is 1. The molecule has 0 saturated carbocycles. The molecule has 0 radical (unpaired) electrons. The van der Waals surface area contributed by atoms with Crippen molar-refractivity contribution in [2.75, 3.05) is 25.4 Å². The van der Waals surface area contributed by atoms with Gasteiger partial charge in [-0.2, -0.15) is 5.10 Å². The van der Waals surface area contributed by atoms with E-state index in [4.69, 9.17) is 5.10 Å². The fraction of sp³-hybridized carbons (Fsp3) is 0.632. The average molecular weight is 409 g/mol. The third kappa shape index (κ3) is 3.99. The van der Waals surface area contributed by atoms with E-state index in [0.717, 1.165) is 25.2 Å². The smallest absolute Gasteiger partial charge is 0.211 e. The van der Waals surface area contributed by atoms with Gasteiger partial charge >= 0.3 is 0 Å². The zero-order valence-corrected chi connectivity index (χ0v) is 17.6. The lowest BCUT2D eigenvalue weighted by Gasteiger charge is -2.49. The van der Waals surface area contributed by atoms with Gasteiger partial charge in [-0.05, 0) is 49.2 Å². The number of sulfonamides is 1. The van der Waals surface area contributed by atoms with Crippen LogP contribution < -0.4 is 4.72 Å². The van der Waals surface area contributed by atoms with Gasteiger partial charge in [0.05, 0.1) is 10.6 Å². The standard InChI is InChI=1S/C19H28N4O2S2/c1-3-9-27(24,25)20-12-15-10-14-6-7-23(15)13-16(14)18-11-17(21-22(18)2)19-5-4-8-26-19/h4-5,8,11,14-16,20H,3,6-7,9-10,12-13H2,1-2H3/t14-,15+,16-/m0/s1. The van der Waals surface area contributed by atoms with Crippen molar-refractivity contribution in [2.45, 2.75) is 38.1 Å². The molecule has 3 aliphatic rings. The molecule has 5 rings (SSSR count). The Morgan fingerprint density at radius 3 is 2.93 bits per heavy atom. The SMILES string of the molecule is CCCS(=O)(=O)NC[C@H]1C[C@@H]2CCN1C[C@@H]2c1cc(-c2cccs2)nn1C. The van der Waals surface area contributed by atoms with Gasteiger partial charge in [-0.25, -0.2) is 13.1 Å². The van der Waals surface area contributed by atoms with E-state index in [1.54, 1.807) is 11.3 Å². The van der Waals surface area contributed by atoms with Gasteiger partial charge in [0.15, 0.2) is 0 Å². The summed E-state index contributed by atoms with van der Waals surface area (Å²) in [6, 6.07) is 6.74. The van der Waals surface area contributed by atoms with Crippen molar-refractivity contribution >= 4 is 21.4 Å². The predicted octanol–water partition coefficient (Wildman–Crippen LogP) is 2.66. The number of piperidine rings is 3. The topological polar surface area (TPSA) is 67.2 Å². The van der Waals surface area contributed by atoms with Gasteiger partial charge in [-0.1, -0.05) is 13.0 Å². The number of thiophene rings is 1. The Bertz CT molecular complexity index is 876. The molecule has 0 amide bonds. The lowest BCUT2D eigenvalue weighted by molar-refractivity contribution is 0.0306. The summed E-state index contributed by atoms with van der Waals surface area (Å²) >= 11 is 1.72. The quantitative estimate of drug-likeness (QED) is 0.765. The summed E-state index contributed by atoms with van der Waals surface area (Å²) < 4.78 is 28.8. The van der Waals surface area contributed by atoms with E-state index in [-0.39, 0.29) is 5.75 Å². The van der Waals surface area contributed by atoms with Gasteiger partial charge in [0.2, 0.25) is 10.0 Å². The summed E-state index contributed by atoms with van der Waals surface area (Å²) in [7, 11) is -1.09. The number of hydrogen-bond donors (Lipinski definition) is 1. The summed E-state index contributed by atoms with van der Waals surface area (Å²) in [6.45, 7) is 4.50. The van der Waals surface area contributed by atoms with Crippen molar-refractivity contribution < 1.29 is 8.42 Å². The van der Waals surface area contributed by atoms with Gasteiger partial charge in [-0.15, -0.1) is 11.3 Å². The number of rotatable bonds is 7. The molecule has 0 spiro atoms. The van der Waals surface area contributed by atoms with E-state index >= 15 is 0 Å². The van der Waals surface area contributed by atoms with Gasteiger partial charge < -0.3 is 0 Å². The van der Waals surface area contributed by atoms with Crippen LogP contribution in [0.3, 0.4) is 0 Å². The summed E-state index contributed by atoms with van der Waals surface area (Å²) in [4.78, 5) is 3.68. The Kier molecular flexibility index (Phi) is 5.42. The van der Waals surface area contributed by atoms with Crippen molar-refractivity contribution in [2.24, 2.45) is 13.0 Å². The first-order valence-electron chi connectivity index (χ1n) is 9.76. The zero-order chi connectivity index (χ0) is 19.0. The van der Waals surface area contributed by atoms with Crippen molar-refractivity contribution in [1.82, 2.24) is 19.4 Å². The third-order valence-corrected chi connectivity index (χ3v) is 8.40. The van der Waals surface area contributed by atoms with Crippen molar-refractivity contribution in [1.29, 1.82) is 0 Å². The maximum absolute atomic E-state index is 12.0. The van der Waals surface area contributed by atoms with Crippen molar-refractivity contribution in [3.8, 4) is 10.6 Å². The lowest BCUT2D eigenvalue weighted by Crippen LogP contribution is -2.56. The Hall–Kier alpha value is -1.22. The molecule has 4 atom stereocenters. The van der Waals surface area contributed by atoms with Crippen LogP contribution in [0.15, 0.2) is 23.6 Å². The highest BCUT2D eigenvalue weighted by atomic mass is 32.2. The van der Waals surface area contributed by atoms with Crippen LogP contribution in [0, 0.1) is 5.92 Å². The van der Waals surface area contributed by atoms with E-state index in [1.165, 1.54) is 17.0 Å². The Labute approximate surface area is 165 Å². The van der Waals surface area contributed by atoms with Crippen LogP contribution in [0.4, 0.5) is 0 Å². The molecular weight excluding hydrogens is 380 g/mol. The van der Waals surface area contributed by atoms with Gasteiger partial charge in [0.1, 0.15) is 5.69 Å². The van der Waals surface area contributed by atoms with Gasteiger partial charge in [0, 0.05) is 37.8 Å². The van der Waals surface area contributed by atoms with Crippen LogP contribution >= 0.6 is 11.3 Å². The second-order valence-electron chi connectivity index (χ2n) is 7.76. The average Bonchev–Trinajstić information content (AvgIpc) is 3.30. The molecule has 148 valence electrons. The summed E-state index contributed by atoms with van der Waals surface area (Å²) in [5.74, 6) is 1.29. The molecule has 0 aliphatic carbocycles. The van der Waals surface area contributed by atoms with E-state index < -0.39 is 10.0 Å². The zero-order valence-electron chi connectivity index (χ0n) is 16.0. The summed E-state index contributed by atoms with van der Waals surface area (Å²) in [5, 5.41) is 6.82. The molecule has 6 nitrogen and oxygen atoms in total. The van der Waals surface area contributed by atoms with Crippen molar-refractivity contribution in [3.05, 3.63) is 29.3 Å². The molecule has 2 bridgehead atoms. The fourth-order valence-electron chi connectivity index (χ4n) is 4.62. The molecule has 1 unspecified atom stereocenters. The van der Waals surface area contributed by atoms with Crippen LogP contribution in [0.25, 0.3) is 10.6 Å². The van der Waals surface area contributed by atoms with Crippen LogP contribution in [0.1, 0.15) is 37.8 Å². The van der Waals surface area contributed by atoms with Gasteiger partial charge in [0.25, 0.3) is 0 Å². The first kappa shape index (κ1) is 19.1. The lowest BCUT2D eigenvalue weighted by atomic mass is 9.74. The highest BCUT2D eigenvalue weighted by molar-refractivity contribution is 7.89. The van der Waals surface area contributed by atoms with Crippen LogP contribution in [0.2, 0.25) is 0 Å². The predicted molar refractivity (Wildman–Crippen MR) is 109 cm³/mol. The van der Waals surface area contributed by atoms with E-state index in [0.29, 0.717) is 30.8 Å². The molecule has 8 heteroatoms. The first-order chi connectivity index (χ1) is 13.0. The molecule has 0 aromatic carbocycles. The third-order valence-electron chi connectivity index (χ3n) is 5.96. The van der Waals surface area contributed by atoms with E-state index in [2.05, 4.69) is 33.2 Å². The second-order valence-corrected chi connectivity index (χ2v) is 10.6. The molecule has 27 heavy (non-hydrogen) atoms. The molecule has 3 fully saturated rings. The number of aromatic nitrogens is 2. The minimum atomic E-state index is -3.13. The van der Waals surface area contributed by atoms with E-state index in [9.17, 15) is 8.42 Å². The van der Waals surface area contributed by atoms with Crippen LogP contribution in [-0.4, -0.2) is 54.5 Å². The second kappa shape index (κ2) is 7.66. The highest BCUT2D eigenvalue weighted by Crippen LogP contribution is 2.42. The number of nitrogens with zero attached hydrogens (tertiary/aromatic N) is 3. The Morgan fingerprint density at radius 2 is 2.26 bits per heavy atom. The molecule has 2 aromatic heterocycles. The Balaban J connectivity index is 1.45. The minimum Gasteiger partial charge on any atom is -0.298 e. The van der Waals surface area contributed by atoms with Crippen LogP contribution in [0.5, 0.6) is 0 Å². The van der Waals surface area contributed by atoms with Crippen molar-refractivity contribution in [3.63, 3.8) is 0 Å². The number of aryl methyl sites for hydroxylation is 1. The molecular formula is C19H28N4O2S2. The first-order valence-corrected chi connectivity index (χ1v) is 12.3. The normalized spacial score (nSPS) is 27.9. The Morgan fingerprint density at radius 1 is 1.41 bits per heavy atom. The van der Waals surface area contributed by atoms with Gasteiger partial charge in [-0.3, -0.25) is 9.58 Å². The molecule has 3 aliphatic heterocycles. The molecule has 1 N–H and O–H groups in total. The molecule has 3 saturated heterocycles. The monoisotopic (exact) mass is 408 g/mol.